The van der Waals surface area contributed by atoms with Gasteiger partial charge in [0.2, 0.25) is 0 Å². The molecule has 1 heterocycles. The third kappa shape index (κ3) is 4.63. The first-order valence-corrected chi connectivity index (χ1v) is 7.42. The van der Waals surface area contributed by atoms with Crippen LogP contribution in [0.3, 0.4) is 0 Å². The third-order valence-corrected chi connectivity index (χ3v) is 3.86. The molecule has 0 unspecified atom stereocenters. The zero-order chi connectivity index (χ0) is 15.1. The topological polar surface area (TPSA) is 50.8 Å². The van der Waals surface area contributed by atoms with Crippen molar-refractivity contribution in [3.63, 3.8) is 0 Å². The molecule has 5 heteroatoms. The predicted molar refractivity (Wildman–Crippen MR) is 81.7 cm³/mol. The monoisotopic (exact) mass is 292 g/mol. The molecule has 1 aromatic carbocycles. The summed E-state index contributed by atoms with van der Waals surface area (Å²) in [5.41, 5.74) is 0. The van der Waals surface area contributed by atoms with E-state index in [0.717, 1.165) is 38.2 Å². The molecule has 1 saturated heterocycles. The zero-order valence-electron chi connectivity index (χ0n) is 12.8. The van der Waals surface area contributed by atoms with Crippen molar-refractivity contribution in [1.29, 1.82) is 0 Å². The molecule has 0 bridgehead atoms. The number of methoxy groups -OCH3 is 1. The van der Waals surface area contributed by atoms with E-state index < -0.39 is 0 Å². The van der Waals surface area contributed by atoms with E-state index in [2.05, 4.69) is 5.32 Å². The number of amides is 1. The number of nitrogens with one attached hydrogen (secondary N) is 1. The Labute approximate surface area is 126 Å². The van der Waals surface area contributed by atoms with E-state index in [9.17, 15) is 4.79 Å². The molecule has 0 radical (unpaired) electrons. The molecular formula is C16H24N2O3. The zero-order valence-corrected chi connectivity index (χ0v) is 12.8. The van der Waals surface area contributed by atoms with Crippen LogP contribution in [-0.2, 0) is 4.79 Å². The van der Waals surface area contributed by atoms with Crippen LogP contribution in [0.4, 0.5) is 0 Å². The number of rotatable bonds is 6. The highest BCUT2D eigenvalue weighted by Crippen LogP contribution is 2.20. The predicted octanol–water partition coefficient (Wildman–Crippen LogP) is 1.53. The number of benzene rings is 1. The van der Waals surface area contributed by atoms with E-state index in [0.29, 0.717) is 11.7 Å². The Hall–Kier alpha value is -1.75. The van der Waals surface area contributed by atoms with Gasteiger partial charge in [-0.05, 0) is 44.5 Å². The summed E-state index contributed by atoms with van der Waals surface area (Å²) in [6.45, 7) is 2.77. The summed E-state index contributed by atoms with van der Waals surface area (Å²) in [5, 5.41) is 3.20. The van der Waals surface area contributed by atoms with Crippen LogP contribution >= 0.6 is 0 Å². The van der Waals surface area contributed by atoms with Crippen molar-refractivity contribution in [1.82, 2.24) is 10.2 Å². The van der Waals surface area contributed by atoms with Crippen molar-refractivity contribution in [2.75, 3.05) is 40.4 Å². The lowest BCUT2D eigenvalue weighted by Crippen LogP contribution is -2.42. The molecule has 1 aliphatic heterocycles. The number of likely N-dealkylation sites (tertiary alicyclic amines) is 1. The summed E-state index contributed by atoms with van der Waals surface area (Å²) < 4.78 is 10.7. The van der Waals surface area contributed by atoms with Gasteiger partial charge in [-0.15, -0.1) is 0 Å². The van der Waals surface area contributed by atoms with Crippen LogP contribution in [0.25, 0.3) is 0 Å². The number of hydrogen-bond donors (Lipinski definition) is 1. The van der Waals surface area contributed by atoms with Gasteiger partial charge in [-0.3, -0.25) is 4.79 Å². The summed E-state index contributed by atoms with van der Waals surface area (Å²) in [6, 6.07) is 7.31. The summed E-state index contributed by atoms with van der Waals surface area (Å²) in [6.07, 6.45) is 2.12. The third-order valence-electron chi connectivity index (χ3n) is 3.86. The van der Waals surface area contributed by atoms with E-state index in [1.54, 1.807) is 13.2 Å². The van der Waals surface area contributed by atoms with Gasteiger partial charge in [0.25, 0.3) is 5.91 Å². The van der Waals surface area contributed by atoms with Gasteiger partial charge in [-0.2, -0.15) is 0 Å². The van der Waals surface area contributed by atoms with Crippen molar-refractivity contribution >= 4 is 5.91 Å². The van der Waals surface area contributed by atoms with Gasteiger partial charge in [0.05, 0.1) is 7.11 Å². The SMILES string of the molecule is CNCC1CCN(C(=O)COc2cccc(OC)c2)CC1. The van der Waals surface area contributed by atoms with E-state index >= 15 is 0 Å². The molecule has 116 valence electrons. The van der Waals surface area contributed by atoms with Crippen LogP contribution < -0.4 is 14.8 Å². The maximum Gasteiger partial charge on any atom is 0.260 e. The first-order valence-electron chi connectivity index (χ1n) is 7.42. The maximum absolute atomic E-state index is 12.1. The van der Waals surface area contributed by atoms with Crippen LogP contribution in [0.2, 0.25) is 0 Å². The Bertz CT molecular complexity index is 457. The molecule has 2 rings (SSSR count). The molecule has 0 aromatic heterocycles. The molecule has 0 atom stereocenters. The average Bonchev–Trinajstić information content (AvgIpc) is 2.54. The van der Waals surface area contributed by atoms with E-state index in [-0.39, 0.29) is 12.5 Å². The molecule has 1 fully saturated rings. The Balaban J connectivity index is 1.77. The van der Waals surface area contributed by atoms with Gasteiger partial charge in [-0.25, -0.2) is 0 Å². The second-order valence-electron chi connectivity index (χ2n) is 5.35. The van der Waals surface area contributed by atoms with Gasteiger partial charge >= 0.3 is 0 Å². The van der Waals surface area contributed by atoms with Crippen LogP contribution in [0.1, 0.15) is 12.8 Å². The molecule has 5 nitrogen and oxygen atoms in total. The molecule has 1 aliphatic rings. The standard InChI is InChI=1S/C16H24N2O3/c1-17-11-13-6-8-18(9-7-13)16(19)12-21-15-5-3-4-14(10-15)20-2/h3-5,10,13,17H,6-9,11-12H2,1-2H3. The minimum absolute atomic E-state index is 0.0562. The molecule has 1 N–H and O–H groups in total. The number of carbonyl (C=O) groups is 1. The first-order chi connectivity index (χ1) is 10.2. The number of hydrogen-bond acceptors (Lipinski definition) is 4. The number of nitrogens with zero attached hydrogens (tertiary/aromatic N) is 1. The highest BCUT2D eigenvalue weighted by molar-refractivity contribution is 5.77. The lowest BCUT2D eigenvalue weighted by atomic mass is 9.97. The fourth-order valence-corrected chi connectivity index (χ4v) is 2.60. The van der Waals surface area contributed by atoms with Crippen LogP contribution in [0.15, 0.2) is 24.3 Å². The molecule has 0 aliphatic carbocycles. The second-order valence-corrected chi connectivity index (χ2v) is 5.35. The molecule has 0 spiro atoms. The highest BCUT2D eigenvalue weighted by Gasteiger charge is 2.22. The van der Waals surface area contributed by atoms with Crippen molar-refractivity contribution in [2.45, 2.75) is 12.8 Å². The average molecular weight is 292 g/mol. The highest BCUT2D eigenvalue weighted by atomic mass is 16.5. The lowest BCUT2D eigenvalue weighted by molar-refractivity contribution is -0.134. The van der Waals surface area contributed by atoms with Crippen molar-refractivity contribution in [2.24, 2.45) is 5.92 Å². The first kappa shape index (κ1) is 15.6. The van der Waals surface area contributed by atoms with Crippen molar-refractivity contribution in [3.8, 4) is 11.5 Å². The van der Waals surface area contributed by atoms with Crippen LogP contribution in [0.5, 0.6) is 11.5 Å². The van der Waals surface area contributed by atoms with Crippen molar-refractivity contribution < 1.29 is 14.3 Å². The summed E-state index contributed by atoms with van der Waals surface area (Å²) in [4.78, 5) is 14.0. The molecule has 1 aromatic rings. The van der Waals surface area contributed by atoms with E-state index in [4.69, 9.17) is 9.47 Å². The van der Waals surface area contributed by atoms with Gasteiger partial charge < -0.3 is 19.7 Å². The molecule has 0 saturated carbocycles. The maximum atomic E-state index is 12.1. The molecule has 21 heavy (non-hydrogen) atoms. The van der Waals surface area contributed by atoms with Gasteiger partial charge in [0.1, 0.15) is 11.5 Å². The number of carbonyl (C=O) groups excluding carboxylic acids is 1. The lowest BCUT2D eigenvalue weighted by Gasteiger charge is -2.31. The Kier molecular flexibility index (Phi) is 5.87. The largest absolute Gasteiger partial charge is 0.497 e. The Morgan fingerprint density at radius 3 is 2.71 bits per heavy atom. The van der Waals surface area contributed by atoms with Gasteiger partial charge in [0, 0.05) is 19.2 Å². The van der Waals surface area contributed by atoms with Gasteiger partial charge in [0.15, 0.2) is 6.61 Å². The van der Waals surface area contributed by atoms with E-state index in [1.807, 2.05) is 30.1 Å². The fourth-order valence-electron chi connectivity index (χ4n) is 2.60. The van der Waals surface area contributed by atoms with Crippen molar-refractivity contribution in [3.05, 3.63) is 24.3 Å². The summed E-state index contributed by atoms with van der Waals surface area (Å²) in [5.74, 6) is 2.12. The second kappa shape index (κ2) is 7.88. The minimum atomic E-state index is 0.0562. The quantitative estimate of drug-likeness (QED) is 0.864. The van der Waals surface area contributed by atoms with Crippen LogP contribution in [0, 0.1) is 5.92 Å². The van der Waals surface area contributed by atoms with Gasteiger partial charge in [-0.1, -0.05) is 6.07 Å². The normalized spacial score (nSPS) is 15.8. The Morgan fingerprint density at radius 2 is 2.05 bits per heavy atom. The Morgan fingerprint density at radius 1 is 1.33 bits per heavy atom. The number of ether oxygens (including phenoxy) is 2. The number of piperidine rings is 1. The summed E-state index contributed by atoms with van der Waals surface area (Å²) >= 11 is 0. The van der Waals surface area contributed by atoms with Crippen LogP contribution in [-0.4, -0.2) is 51.2 Å². The van der Waals surface area contributed by atoms with E-state index in [1.165, 1.54) is 0 Å². The summed E-state index contributed by atoms with van der Waals surface area (Å²) in [7, 11) is 3.58. The minimum Gasteiger partial charge on any atom is -0.497 e. The molecule has 1 amide bonds. The molecular weight excluding hydrogens is 268 g/mol. The fraction of sp³-hybridized carbons (Fsp3) is 0.562. The smallest absolute Gasteiger partial charge is 0.260 e.